The highest BCUT2D eigenvalue weighted by molar-refractivity contribution is 6.04. The minimum absolute atomic E-state index is 0.0195. The lowest BCUT2D eigenvalue weighted by Gasteiger charge is -2.10. The van der Waals surface area contributed by atoms with Crippen molar-refractivity contribution < 1.29 is 18.0 Å². The number of pyridine rings is 1. The van der Waals surface area contributed by atoms with E-state index in [1.54, 1.807) is 6.07 Å². The number of benzene rings is 2. The number of aromatic nitrogens is 1. The smallest absolute Gasteiger partial charge is 0.257 e. The second-order valence-corrected chi connectivity index (χ2v) is 5.12. The molecule has 3 aromatic rings. The molecule has 1 heterocycles. The molecule has 1 amide bonds. The summed E-state index contributed by atoms with van der Waals surface area (Å²) >= 11 is 0. The highest BCUT2D eigenvalue weighted by Crippen LogP contribution is 2.23. The molecule has 1 aromatic heterocycles. The predicted molar refractivity (Wildman–Crippen MR) is 88.2 cm³/mol. The van der Waals surface area contributed by atoms with Gasteiger partial charge in [0, 0.05) is 6.20 Å². The van der Waals surface area contributed by atoms with E-state index in [9.17, 15) is 18.0 Å². The van der Waals surface area contributed by atoms with Crippen LogP contribution in [0.3, 0.4) is 0 Å². The predicted octanol–water partition coefficient (Wildman–Crippen LogP) is 4.49. The van der Waals surface area contributed by atoms with Crippen molar-refractivity contribution in [2.75, 3.05) is 10.6 Å². The van der Waals surface area contributed by atoms with Crippen LogP contribution < -0.4 is 10.6 Å². The van der Waals surface area contributed by atoms with Gasteiger partial charge in [0.15, 0.2) is 0 Å². The SMILES string of the molecule is O=C(Nc1ccccc1F)c1cncc(Nc2c(F)cccc2F)c1. The molecule has 2 aromatic carbocycles. The van der Waals surface area contributed by atoms with Crippen molar-refractivity contribution in [3.8, 4) is 0 Å². The van der Waals surface area contributed by atoms with Gasteiger partial charge in [-0.25, -0.2) is 13.2 Å². The molecule has 0 fully saturated rings. The molecule has 0 atom stereocenters. The monoisotopic (exact) mass is 343 g/mol. The Kier molecular flexibility index (Phi) is 4.65. The maximum Gasteiger partial charge on any atom is 0.257 e. The van der Waals surface area contributed by atoms with Gasteiger partial charge < -0.3 is 10.6 Å². The minimum atomic E-state index is -0.777. The molecular weight excluding hydrogens is 331 g/mol. The fraction of sp³-hybridized carbons (Fsp3) is 0. The largest absolute Gasteiger partial charge is 0.349 e. The second kappa shape index (κ2) is 7.04. The zero-order valence-electron chi connectivity index (χ0n) is 12.8. The average molecular weight is 343 g/mol. The summed E-state index contributed by atoms with van der Waals surface area (Å²) in [7, 11) is 0. The Labute approximate surface area is 141 Å². The van der Waals surface area contributed by atoms with Crippen molar-refractivity contribution in [3.05, 3.63) is 83.9 Å². The van der Waals surface area contributed by atoms with Gasteiger partial charge in [-0.3, -0.25) is 9.78 Å². The van der Waals surface area contributed by atoms with Gasteiger partial charge in [0.1, 0.15) is 23.1 Å². The molecule has 0 unspecified atom stereocenters. The molecule has 0 saturated carbocycles. The van der Waals surface area contributed by atoms with Gasteiger partial charge in [-0.15, -0.1) is 0 Å². The quantitative estimate of drug-likeness (QED) is 0.734. The third-order valence-corrected chi connectivity index (χ3v) is 3.35. The number of nitrogens with zero attached hydrogens (tertiary/aromatic N) is 1. The van der Waals surface area contributed by atoms with E-state index in [4.69, 9.17) is 0 Å². The van der Waals surface area contributed by atoms with Gasteiger partial charge in [0.2, 0.25) is 0 Å². The maximum absolute atomic E-state index is 13.7. The number of halogens is 3. The molecule has 0 saturated heterocycles. The van der Waals surface area contributed by atoms with E-state index >= 15 is 0 Å². The lowest BCUT2D eigenvalue weighted by molar-refractivity contribution is 0.102. The highest BCUT2D eigenvalue weighted by Gasteiger charge is 2.12. The van der Waals surface area contributed by atoms with Gasteiger partial charge in [0.05, 0.1) is 23.1 Å². The first-order chi connectivity index (χ1) is 12.0. The van der Waals surface area contributed by atoms with Crippen LogP contribution in [0.25, 0.3) is 0 Å². The van der Waals surface area contributed by atoms with Crippen LogP contribution in [0.5, 0.6) is 0 Å². The van der Waals surface area contributed by atoms with Gasteiger partial charge in [-0.2, -0.15) is 0 Å². The van der Waals surface area contributed by atoms with Crippen molar-refractivity contribution in [1.82, 2.24) is 4.98 Å². The van der Waals surface area contributed by atoms with Crippen LogP contribution in [0.1, 0.15) is 10.4 Å². The van der Waals surface area contributed by atoms with E-state index in [1.807, 2.05) is 0 Å². The molecule has 4 nitrogen and oxygen atoms in total. The summed E-state index contributed by atoms with van der Waals surface area (Å²) in [6, 6.07) is 10.5. The van der Waals surface area contributed by atoms with Crippen molar-refractivity contribution in [1.29, 1.82) is 0 Å². The Morgan fingerprint density at radius 3 is 2.28 bits per heavy atom. The van der Waals surface area contributed by atoms with Gasteiger partial charge in [0.25, 0.3) is 5.91 Å². The zero-order chi connectivity index (χ0) is 17.8. The first kappa shape index (κ1) is 16.5. The number of para-hydroxylation sites is 2. The van der Waals surface area contributed by atoms with Crippen molar-refractivity contribution >= 4 is 23.0 Å². The van der Waals surface area contributed by atoms with Gasteiger partial charge in [-0.05, 0) is 30.3 Å². The third kappa shape index (κ3) is 3.77. The molecule has 0 aliphatic rings. The first-order valence-corrected chi connectivity index (χ1v) is 7.26. The molecule has 0 radical (unpaired) electrons. The number of carbonyl (C=O) groups is 1. The van der Waals surface area contributed by atoms with Crippen LogP contribution in [-0.2, 0) is 0 Å². The molecule has 2 N–H and O–H groups in total. The third-order valence-electron chi connectivity index (χ3n) is 3.35. The van der Waals surface area contributed by atoms with Crippen LogP contribution in [-0.4, -0.2) is 10.9 Å². The summed E-state index contributed by atoms with van der Waals surface area (Å²) in [5, 5.41) is 4.95. The Balaban J connectivity index is 1.82. The van der Waals surface area contributed by atoms with Gasteiger partial charge >= 0.3 is 0 Å². The number of carbonyl (C=O) groups excluding carboxylic acids is 1. The summed E-state index contributed by atoms with van der Waals surface area (Å²) in [6.07, 6.45) is 2.57. The van der Waals surface area contributed by atoms with Crippen LogP contribution in [0.4, 0.5) is 30.2 Å². The lowest BCUT2D eigenvalue weighted by atomic mass is 10.2. The maximum atomic E-state index is 13.7. The van der Waals surface area contributed by atoms with E-state index in [-0.39, 0.29) is 22.6 Å². The Morgan fingerprint density at radius 2 is 1.56 bits per heavy atom. The zero-order valence-corrected chi connectivity index (χ0v) is 12.8. The van der Waals surface area contributed by atoms with Crippen LogP contribution in [0.2, 0.25) is 0 Å². The fourth-order valence-corrected chi connectivity index (χ4v) is 2.15. The van der Waals surface area contributed by atoms with Crippen molar-refractivity contribution in [2.45, 2.75) is 0 Å². The summed E-state index contributed by atoms with van der Waals surface area (Å²) in [5.41, 5.74) is -0.0165. The van der Waals surface area contributed by atoms with Gasteiger partial charge in [-0.1, -0.05) is 18.2 Å². The minimum Gasteiger partial charge on any atom is -0.349 e. The second-order valence-electron chi connectivity index (χ2n) is 5.12. The molecule has 126 valence electrons. The summed E-state index contributed by atoms with van der Waals surface area (Å²) in [6.45, 7) is 0. The highest BCUT2D eigenvalue weighted by atomic mass is 19.1. The summed E-state index contributed by atoms with van der Waals surface area (Å²) in [5.74, 6) is -2.73. The topological polar surface area (TPSA) is 54.0 Å². The molecule has 0 aliphatic carbocycles. The number of hydrogen-bond donors (Lipinski definition) is 2. The molecule has 0 aliphatic heterocycles. The Bertz CT molecular complexity index is 911. The standard InChI is InChI=1S/C18H12F3N3O/c19-13-4-1-2-7-16(13)24-18(25)11-8-12(10-22-9-11)23-17-14(20)5-3-6-15(17)21/h1-10,23H,(H,24,25). The van der Waals surface area contributed by atoms with Crippen LogP contribution in [0.15, 0.2) is 60.9 Å². The van der Waals surface area contributed by atoms with E-state index in [2.05, 4.69) is 15.6 Å². The number of anilines is 3. The number of rotatable bonds is 4. The van der Waals surface area contributed by atoms with E-state index in [0.29, 0.717) is 0 Å². The van der Waals surface area contributed by atoms with Crippen molar-refractivity contribution in [3.63, 3.8) is 0 Å². The van der Waals surface area contributed by atoms with E-state index in [0.717, 1.165) is 12.1 Å². The number of amides is 1. The Hall–Kier alpha value is -3.35. The molecule has 3 rings (SSSR count). The van der Waals surface area contributed by atoms with E-state index in [1.165, 1.54) is 42.7 Å². The lowest BCUT2D eigenvalue weighted by Crippen LogP contribution is -2.13. The molecule has 25 heavy (non-hydrogen) atoms. The number of nitrogens with one attached hydrogen (secondary N) is 2. The van der Waals surface area contributed by atoms with Crippen LogP contribution in [0, 0.1) is 17.5 Å². The first-order valence-electron chi connectivity index (χ1n) is 7.26. The average Bonchev–Trinajstić information content (AvgIpc) is 2.60. The summed E-state index contributed by atoms with van der Waals surface area (Å²) < 4.78 is 41.0. The normalized spacial score (nSPS) is 10.4. The van der Waals surface area contributed by atoms with E-state index < -0.39 is 23.4 Å². The summed E-state index contributed by atoms with van der Waals surface area (Å²) in [4.78, 5) is 16.1. The molecule has 7 heteroatoms. The molecule has 0 spiro atoms. The molecular formula is C18H12F3N3O. The van der Waals surface area contributed by atoms with Crippen molar-refractivity contribution in [2.24, 2.45) is 0 Å². The molecule has 0 bridgehead atoms. The number of hydrogen-bond acceptors (Lipinski definition) is 3. The van der Waals surface area contributed by atoms with Crippen LogP contribution >= 0.6 is 0 Å². The fourth-order valence-electron chi connectivity index (χ4n) is 2.15. The Morgan fingerprint density at radius 1 is 0.880 bits per heavy atom.